The quantitative estimate of drug-likeness (QED) is 0.624. The first-order valence-electron chi connectivity index (χ1n) is 5.21. The summed E-state index contributed by atoms with van der Waals surface area (Å²) in [5.74, 6) is 0. The van der Waals surface area contributed by atoms with Crippen LogP contribution in [0.2, 0.25) is 0 Å². The molecule has 1 heterocycles. The van der Waals surface area contributed by atoms with Crippen molar-refractivity contribution in [1.82, 2.24) is 4.98 Å². The molecule has 0 saturated heterocycles. The number of anilines is 1. The number of nitro groups is 1. The van der Waals surface area contributed by atoms with Crippen LogP contribution in [0.15, 0.2) is 6.20 Å². The van der Waals surface area contributed by atoms with Gasteiger partial charge in [-0.1, -0.05) is 12.8 Å². The predicted molar refractivity (Wildman–Crippen MR) is 60.7 cm³/mol. The van der Waals surface area contributed by atoms with Crippen molar-refractivity contribution in [3.63, 3.8) is 0 Å². The monoisotopic (exact) mass is 243 g/mol. The van der Waals surface area contributed by atoms with Crippen molar-refractivity contribution in [2.45, 2.75) is 37.8 Å². The molecule has 0 aliphatic heterocycles. The molecule has 2 N–H and O–H groups in total. The second-order valence-electron chi connectivity index (χ2n) is 3.86. The molecule has 2 unspecified atom stereocenters. The van der Waals surface area contributed by atoms with Gasteiger partial charge in [-0.25, -0.2) is 4.98 Å². The van der Waals surface area contributed by atoms with Gasteiger partial charge >= 0.3 is 5.00 Å². The van der Waals surface area contributed by atoms with Crippen LogP contribution >= 0.6 is 11.3 Å². The Hall–Kier alpha value is -1.21. The standard InChI is InChI=1S/C9H13N3O3S/c13-7-4-2-1-3-6(7)11-9-10-5-8(16-9)12(14)15/h5-7,13H,1-4H2,(H,10,11). The lowest BCUT2D eigenvalue weighted by Gasteiger charge is -2.27. The summed E-state index contributed by atoms with van der Waals surface area (Å²) in [6, 6.07) is -0.0282. The summed E-state index contributed by atoms with van der Waals surface area (Å²) in [7, 11) is 0. The highest BCUT2D eigenvalue weighted by Crippen LogP contribution is 2.28. The van der Waals surface area contributed by atoms with E-state index in [-0.39, 0.29) is 17.1 Å². The average Bonchev–Trinajstić information content (AvgIpc) is 2.70. The highest BCUT2D eigenvalue weighted by molar-refractivity contribution is 7.18. The fourth-order valence-electron chi connectivity index (χ4n) is 1.85. The maximum Gasteiger partial charge on any atom is 0.345 e. The number of aliphatic hydroxyl groups excluding tert-OH is 1. The van der Waals surface area contributed by atoms with E-state index in [9.17, 15) is 15.2 Å². The Morgan fingerprint density at radius 1 is 1.56 bits per heavy atom. The number of nitrogens with zero attached hydrogens (tertiary/aromatic N) is 2. The van der Waals surface area contributed by atoms with Gasteiger partial charge in [-0.2, -0.15) is 0 Å². The molecule has 1 aliphatic rings. The van der Waals surface area contributed by atoms with Gasteiger partial charge < -0.3 is 10.4 Å². The Morgan fingerprint density at radius 2 is 2.31 bits per heavy atom. The fraction of sp³-hybridized carbons (Fsp3) is 0.667. The number of aromatic nitrogens is 1. The van der Waals surface area contributed by atoms with Crippen LogP contribution in [-0.4, -0.2) is 27.2 Å². The largest absolute Gasteiger partial charge is 0.391 e. The molecule has 6 nitrogen and oxygen atoms in total. The highest BCUT2D eigenvalue weighted by Gasteiger charge is 2.24. The van der Waals surface area contributed by atoms with Crippen LogP contribution < -0.4 is 5.32 Å². The number of nitrogens with one attached hydrogen (secondary N) is 1. The Kier molecular flexibility index (Phi) is 3.35. The summed E-state index contributed by atoms with van der Waals surface area (Å²) in [4.78, 5) is 13.9. The minimum atomic E-state index is -0.458. The third-order valence-electron chi connectivity index (χ3n) is 2.71. The molecule has 7 heteroatoms. The number of rotatable bonds is 3. The maximum atomic E-state index is 10.5. The van der Waals surface area contributed by atoms with Crippen molar-refractivity contribution in [3.05, 3.63) is 16.3 Å². The van der Waals surface area contributed by atoms with Crippen molar-refractivity contribution in [1.29, 1.82) is 0 Å². The van der Waals surface area contributed by atoms with Crippen LogP contribution in [0.25, 0.3) is 0 Å². The molecule has 1 aromatic rings. The Morgan fingerprint density at radius 3 is 2.94 bits per heavy atom. The molecular formula is C9H13N3O3S. The third-order valence-corrected chi connectivity index (χ3v) is 3.59. The number of aliphatic hydroxyl groups is 1. The lowest BCUT2D eigenvalue weighted by molar-refractivity contribution is -0.380. The smallest absolute Gasteiger partial charge is 0.345 e. The van der Waals surface area contributed by atoms with E-state index in [1.807, 2.05) is 0 Å². The van der Waals surface area contributed by atoms with E-state index in [2.05, 4.69) is 10.3 Å². The average molecular weight is 243 g/mol. The van der Waals surface area contributed by atoms with Gasteiger partial charge in [0.2, 0.25) is 0 Å². The van der Waals surface area contributed by atoms with Crippen LogP contribution in [0, 0.1) is 10.1 Å². The Bertz CT molecular complexity index is 382. The van der Waals surface area contributed by atoms with Crippen LogP contribution in [0.5, 0.6) is 0 Å². The first-order valence-corrected chi connectivity index (χ1v) is 6.03. The molecule has 2 atom stereocenters. The summed E-state index contributed by atoms with van der Waals surface area (Å²) in [5.41, 5.74) is 0. The fourth-order valence-corrected chi connectivity index (χ4v) is 2.55. The number of thiazole rings is 1. The molecule has 0 aromatic carbocycles. The van der Waals surface area contributed by atoms with Crippen molar-refractivity contribution in [2.24, 2.45) is 0 Å². The van der Waals surface area contributed by atoms with Gasteiger partial charge in [0.25, 0.3) is 0 Å². The van der Waals surface area contributed by atoms with Gasteiger partial charge in [-0.15, -0.1) is 0 Å². The van der Waals surface area contributed by atoms with E-state index >= 15 is 0 Å². The highest BCUT2D eigenvalue weighted by atomic mass is 32.1. The summed E-state index contributed by atoms with van der Waals surface area (Å²) in [5, 5.41) is 23.8. The van der Waals surface area contributed by atoms with E-state index in [1.54, 1.807) is 0 Å². The van der Waals surface area contributed by atoms with Gasteiger partial charge in [-0.3, -0.25) is 10.1 Å². The zero-order valence-electron chi connectivity index (χ0n) is 8.63. The molecule has 1 fully saturated rings. The maximum absolute atomic E-state index is 10.5. The molecule has 1 aromatic heterocycles. The summed E-state index contributed by atoms with van der Waals surface area (Å²) in [6.45, 7) is 0. The van der Waals surface area contributed by atoms with Gasteiger partial charge in [0, 0.05) is 0 Å². The van der Waals surface area contributed by atoms with E-state index in [0.29, 0.717) is 5.13 Å². The van der Waals surface area contributed by atoms with Gasteiger partial charge in [-0.05, 0) is 24.2 Å². The normalized spacial score (nSPS) is 25.3. The molecular weight excluding hydrogens is 230 g/mol. The van der Waals surface area contributed by atoms with Crippen LogP contribution in [-0.2, 0) is 0 Å². The lowest BCUT2D eigenvalue weighted by atomic mass is 9.93. The zero-order chi connectivity index (χ0) is 11.5. The molecule has 0 radical (unpaired) electrons. The molecule has 0 bridgehead atoms. The molecule has 16 heavy (non-hydrogen) atoms. The lowest BCUT2D eigenvalue weighted by Crippen LogP contribution is -2.36. The molecule has 0 spiro atoms. The van der Waals surface area contributed by atoms with E-state index in [4.69, 9.17) is 0 Å². The predicted octanol–water partition coefficient (Wildman–Crippen LogP) is 1.77. The van der Waals surface area contributed by atoms with Gasteiger partial charge in [0.1, 0.15) is 6.20 Å². The SMILES string of the molecule is O=[N+]([O-])c1cnc(NC2CCCCC2O)s1. The van der Waals surface area contributed by atoms with Crippen LogP contribution in [0.1, 0.15) is 25.7 Å². The topological polar surface area (TPSA) is 88.3 Å². The first-order chi connectivity index (χ1) is 7.66. The van der Waals surface area contributed by atoms with Crippen molar-refractivity contribution >= 4 is 21.5 Å². The van der Waals surface area contributed by atoms with Crippen LogP contribution in [0.4, 0.5) is 10.1 Å². The summed E-state index contributed by atoms with van der Waals surface area (Å²) >= 11 is 1.00. The third kappa shape index (κ3) is 2.48. The zero-order valence-corrected chi connectivity index (χ0v) is 9.44. The molecule has 88 valence electrons. The molecule has 2 rings (SSSR count). The number of hydrogen-bond donors (Lipinski definition) is 2. The second-order valence-corrected chi connectivity index (χ2v) is 4.87. The van der Waals surface area contributed by atoms with Gasteiger partial charge in [0.15, 0.2) is 5.13 Å². The van der Waals surface area contributed by atoms with Gasteiger partial charge in [0.05, 0.1) is 17.1 Å². The first kappa shape index (κ1) is 11.3. The second kappa shape index (κ2) is 4.75. The summed E-state index contributed by atoms with van der Waals surface area (Å²) in [6.07, 6.45) is 4.64. The van der Waals surface area contributed by atoms with Crippen LogP contribution in [0.3, 0.4) is 0 Å². The molecule has 0 amide bonds. The van der Waals surface area contributed by atoms with Crippen molar-refractivity contribution in [2.75, 3.05) is 5.32 Å². The Balaban J connectivity index is 1.99. The minimum absolute atomic E-state index is 0.0211. The minimum Gasteiger partial charge on any atom is -0.391 e. The molecule has 1 aliphatic carbocycles. The van der Waals surface area contributed by atoms with E-state index in [1.165, 1.54) is 6.20 Å². The van der Waals surface area contributed by atoms with E-state index < -0.39 is 4.92 Å². The number of hydrogen-bond acceptors (Lipinski definition) is 6. The summed E-state index contributed by atoms with van der Waals surface area (Å²) < 4.78 is 0. The van der Waals surface area contributed by atoms with E-state index in [0.717, 1.165) is 37.0 Å². The Labute approximate surface area is 96.5 Å². The molecule has 1 saturated carbocycles. The van der Waals surface area contributed by atoms with Crippen molar-refractivity contribution < 1.29 is 10.0 Å². The van der Waals surface area contributed by atoms with Crippen molar-refractivity contribution in [3.8, 4) is 0 Å².